The predicted octanol–water partition coefficient (Wildman–Crippen LogP) is 4.73. The number of rotatable bonds is 4. The zero-order valence-electron chi connectivity index (χ0n) is 14.4. The number of methoxy groups -OCH3 is 2. The maximum Gasteiger partial charge on any atom is 0.119 e. The molecule has 0 fully saturated rings. The van der Waals surface area contributed by atoms with Crippen molar-refractivity contribution in [2.45, 2.75) is 13.8 Å². The third kappa shape index (κ3) is 3.81. The van der Waals surface area contributed by atoms with Crippen LogP contribution in [0.1, 0.15) is 11.1 Å². The molecule has 0 unspecified atom stereocenters. The molecule has 25 heavy (non-hydrogen) atoms. The minimum Gasteiger partial charge on any atom is -0.539 e. The van der Waals surface area contributed by atoms with Gasteiger partial charge in [-0.25, -0.2) is 0 Å². The summed E-state index contributed by atoms with van der Waals surface area (Å²) in [5, 5.41) is 0. The van der Waals surface area contributed by atoms with E-state index in [0.29, 0.717) is 0 Å². The van der Waals surface area contributed by atoms with Crippen LogP contribution in [0.2, 0.25) is 0 Å². The second-order valence-corrected chi connectivity index (χ2v) is 6.35. The summed E-state index contributed by atoms with van der Waals surface area (Å²) < 4.78 is 13.6. The molecule has 4 nitrogen and oxygen atoms in total. The molecule has 3 aromatic rings. The summed E-state index contributed by atoms with van der Waals surface area (Å²) >= 11 is 3.52. The monoisotopic (exact) mass is 578 g/mol. The summed E-state index contributed by atoms with van der Waals surface area (Å²) in [5.41, 5.74) is 4.24. The summed E-state index contributed by atoms with van der Waals surface area (Å²) in [4.78, 5) is 4.52. The van der Waals surface area contributed by atoms with Gasteiger partial charge in [0.25, 0.3) is 0 Å². The van der Waals surface area contributed by atoms with Gasteiger partial charge in [0.1, 0.15) is 5.75 Å². The zero-order chi connectivity index (χ0) is 17.3. The fraction of sp³-hybridized carbons (Fsp3) is 0.211. The Morgan fingerprint density at radius 1 is 1.08 bits per heavy atom. The Hall–Kier alpha value is -1.62. The number of hydrogen-bond donors (Lipinski definition) is 0. The van der Waals surface area contributed by atoms with Gasteiger partial charge < -0.3 is 14.0 Å². The van der Waals surface area contributed by atoms with E-state index < -0.39 is 0 Å². The Morgan fingerprint density at radius 3 is 2.32 bits per heavy atom. The van der Waals surface area contributed by atoms with Crippen LogP contribution in [-0.2, 0) is 20.1 Å². The normalized spacial score (nSPS) is 10.3. The third-order valence-corrected chi connectivity index (χ3v) is 4.53. The van der Waals surface area contributed by atoms with Crippen molar-refractivity contribution >= 4 is 15.9 Å². The van der Waals surface area contributed by atoms with Crippen LogP contribution in [0.4, 0.5) is 0 Å². The fourth-order valence-corrected chi connectivity index (χ4v) is 3.34. The molecule has 0 bridgehead atoms. The second kappa shape index (κ2) is 8.17. The van der Waals surface area contributed by atoms with Crippen molar-refractivity contribution in [3.05, 3.63) is 58.3 Å². The van der Waals surface area contributed by atoms with E-state index in [1.54, 1.807) is 20.4 Å². The molecule has 6 heteroatoms. The van der Waals surface area contributed by atoms with Crippen LogP contribution in [0.25, 0.3) is 17.1 Å². The Labute approximate surface area is 169 Å². The van der Waals surface area contributed by atoms with Gasteiger partial charge in [0.2, 0.25) is 0 Å². The number of aromatic nitrogens is 2. The van der Waals surface area contributed by atoms with E-state index in [-0.39, 0.29) is 20.1 Å². The molecule has 133 valence electrons. The molecule has 0 saturated carbocycles. The number of imidazole rings is 1. The number of nitrogens with zero attached hydrogens (tertiary/aromatic N) is 2. The van der Waals surface area contributed by atoms with Crippen LogP contribution in [0.15, 0.2) is 41.1 Å². The van der Waals surface area contributed by atoms with Gasteiger partial charge in [-0.1, -0.05) is 15.9 Å². The molecule has 0 N–H and O–H groups in total. The van der Waals surface area contributed by atoms with Gasteiger partial charge in [0, 0.05) is 43.9 Å². The fourth-order valence-electron chi connectivity index (χ4n) is 2.83. The molecule has 0 saturated heterocycles. The summed E-state index contributed by atoms with van der Waals surface area (Å²) in [6, 6.07) is 11.1. The summed E-state index contributed by atoms with van der Waals surface area (Å²) in [7, 11) is 3.32. The Morgan fingerprint density at radius 2 is 1.76 bits per heavy atom. The number of halogens is 1. The number of ether oxygens (including phenoxy) is 2. The first-order chi connectivity index (χ1) is 11.5. The molecule has 0 aliphatic carbocycles. The SMILES string of the molecule is COc1cc(C)c(-n2ccnc2-c2[c-]cc(OC)c(Br)c2)c(C)c1.[Ir]. The van der Waals surface area contributed by atoms with Gasteiger partial charge in [-0.2, -0.15) is 0 Å². The maximum atomic E-state index is 5.35. The molecule has 1 aromatic heterocycles. The average molecular weight is 578 g/mol. The minimum absolute atomic E-state index is 0. The standard InChI is InChI=1S/C19H18BrN2O2.Ir/c1-12-9-15(23-3)10-13(2)18(12)22-8-7-21-19(22)14-5-6-17(24-4)16(20)11-14;/h6-11H,1-4H3;/q-1;. The van der Waals surface area contributed by atoms with Crippen LogP contribution in [0, 0.1) is 19.9 Å². The minimum atomic E-state index is 0. The molecule has 0 spiro atoms. The van der Waals surface area contributed by atoms with Crippen molar-refractivity contribution in [2.24, 2.45) is 0 Å². The van der Waals surface area contributed by atoms with Crippen molar-refractivity contribution < 1.29 is 29.6 Å². The molecule has 0 aliphatic heterocycles. The van der Waals surface area contributed by atoms with E-state index in [4.69, 9.17) is 9.47 Å². The van der Waals surface area contributed by atoms with E-state index in [0.717, 1.165) is 44.2 Å². The average Bonchev–Trinajstić information content (AvgIpc) is 3.03. The van der Waals surface area contributed by atoms with Gasteiger partial charge in [0.05, 0.1) is 20.0 Å². The van der Waals surface area contributed by atoms with Crippen LogP contribution >= 0.6 is 15.9 Å². The maximum absolute atomic E-state index is 5.35. The molecule has 0 atom stereocenters. The topological polar surface area (TPSA) is 36.3 Å². The van der Waals surface area contributed by atoms with Crippen molar-refractivity contribution in [2.75, 3.05) is 14.2 Å². The number of hydrogen-bond acceptors (Lipinski definition) is 3. The molecular weight excluding hydrogens is 560 g/mol. The van der Waals surface area contributed by atoms with E-state index in [1.165, 1.54) is 0 Å². The van der Waals surface area contributed by atoms with Crippen molar-refractivity contribution in [3.63, 3.8) is 0 Å². The number of aryl methyl sites for hydroxylation is 2. The molecule has 3 rings (SSSR count). The first-order valence-corrected chi connectivity index (χ1v) is 8.29. The third-order valence-electron chi connectivity index (χ3n) is 3.91. The number of benzene rings is 2. The summed E-state index contributed by atoms with van der Waals surface area (Å²) in [6.07, 6.45) is 3.76. The quantitative estimate of drug-likeness (QED) is 0.420. The van der Waals surface area contributed by atoms with Crippen LogP contribution < -0.4 is 9.47 Å². The molecule has 2 aromatic carbocycles. The largest absolute Gasteiger partial charge is 0.539 e. The van der Waals surface area contributed by atoms with E-state index in [1.807, 2.05) is 30.5 Å². The van der Waals surface area contributed by atoms with Crippen LogP contribution in [0.3, 0.4) is 0 Å². The van der Waals surface area contributed by atoms with Crippen LogP contribution in [0.5, 0.6) is 11.5 Å². The molecule has 0 aliphatic rings. The predicted molar refractivity (Wildman–Crippen MR) is 98.1 cm³/mol. The second-order valence-electron chi connectivity index (χ2n) is 5.49. The Bertz CT molecular complexity index is 870. The van der Waals surface area contributed by atoms with Gasteiger partial charge >= 0.3 is 0 Å². The van der Waals surface area contributed by atoms with Crippen LogP contribution in [-0.4, -0.2) is 23.8 Å². The Balaban J connectivity index is 0.00000225. The zero-order valence-corrected chi connectivity index (χ0v) is 18.4. The van der Waals surface area contributed by atoms with Gasteiger partial charge in [-0.05, 0) is 41.6 Å². The molecule has 1 radical (unpaired) electrons. The van der Waals surface area contributed by atoms with Crippen molar-refractivity contribution in [1.82, 2.24) is 9.55 Å². The van der Waals surface area contributed by atoms with Crippen molar-refractivity contribution in [1.29, 1.82) is 0 Å². The molecule has 0 amide bonds. The van der Waals surface area contributed by atoms with Gasteiger partial charge in [0.15, 0.2) is 0 Å². The Kier molecular flexibility index (Phi) is 6.44. The summed E-state index contributed by atoms with van der Waals surface area (Å²) in [5.74, 6) is 2.43. The molecular formula is C19H18BrIrN2O2-. The van der Waals surface area contributed by atoms with Crippen molar-refractivity contribution in [3.8, 4) is 28.6 Å². The molecule has 1 heterocycles. The van der Waals surface area contributed by atoms with E-state index in [9.17, 15) is 0 Å². The van der Waals surface area contributed by atoms with Gasteiger partial charge in [-0.15, -0.1) is 23.8 Å². The smallest absolute Gasteiger partial charge is 0.119 e. The summed E-state index contributed by atoms with van der Waals surface area (Å²) in [6.45, 7) is 4.14. The first-order valence-electron chi connectivity index (χ1n) is 7.49. The first kappa shape index (κ1) is 19.7. The van der Waals surface area contributed by atoms with E-state index in [2.05, 4.69) is 45.4 Å². The van der Waals surface area contributed by atoms with Gasteiger partial charge in [-0.3, -0.25) is 4.98 Å². The van der Waals surface area contributed by atoms with E-state index >= 15 is 0 Å².